The fraction of sp³-hybridized carbons (Fsp3) is 0.300. The van der Waals surface area contributed by atoms with Gasteiger partial charge in [0.1, 0.15) is 17.2 Å². The topological polar surface area (TPSA) is 113 Å². The van der Waals surface area contributed by atoms with Crippen LogP contribution in [0.2, 0.25) is 0 Å². The van der Waals surface area contributed by atoms with Crippen molar-refractivity contribution >= 4 is 44.4 Å². The van der Waals surface area contributed by atoms with Crippen LogP contribution in [-0.2, 0) is 35.5 Å². The summed E-state index contributed by atoms with van der Waals surface area (Å²) in [6, 6.07) is 6.91. The Balaban J connectivity index is 1.34. The zero-order chi connectivity index (χ0) is 20.0. The number of hydrogen-bond donors (Lipinski definition) is 1. The third-order valence-electron chi connectivity index (χ3n) is 5.11. The highest BCUT2D eigenvalue weighted by molar-refractivity contribution is 7.19. The first-order valence-corrected chi connectivity index (χ1v) is 10.2. The molecule has 0 saturated carbocycles. The number of anilines is 1. The van der Waals surface area contributed by atoms with Gasteiger partial charge in [-0.3, -0.25) is 9.36 Å². The van der Waals surface area contributed by atoms with Crippen LogP contribution in [0.5, 0.6) is 0 Å². The average molecular weight is 410 g/mol. The number of hydrogen-bond acceptors (Lipinski definition) is 8. The number of oxazole rings is 1. The molecule has 1 aliphatic rings. The Hall–Kier alpha value is -3.20. The van der Waals surface area contributed by atoms with Gasteiger partial charge in [-0.25, -0.2) is 14.8 Å². The molecule has 4 aromatic rings. The van der Waals surface area contributed by atoms with Crippen LogP contribution in [0.4, 0.5) is 5.82 Å². The first kappa shape index (κ1) is 17.9. The first-order valence-electron chi connectivity index (χ1n) is 9.41. The molecule has 9 heteroatoms. The monoisotopic (exact) mass is 410 g/mol. The normalized spacial score (nSPS) is 13.7. The van der Waals surface area contributed by atoms with Crippen molar-refractivity contribution in [2.45, 2.75) is 38.8 Å². The second-order valence-corrected chi connectivity index (χ2v) is 8.08. The summed E-state index contributed by atoms with van der Waals surface area (Å²) in [5.41, 5.74) is 8.41. The van der Waals surface area contributed by atoms with E-state index in [1.165, 1.54) is 21.4 Å². The van der Waals surface area contributed by atoms with Crippen LogP contribution in [0.15, 0.2) is 33.5 Å². The van der Waals surface area contributed by atoms with Crippen LogP contribution < -0.4 is 11.5 Å². The quantitative estimate of drug-likeness (QED) is 0.515. The number of rotatable bonds is 4. The number of ether oxygens (including phenoxy) is 1. The van der Waals surface area contributed by atoms with Crippen LogP contribution in [0.25, 0.3) is 21.3 Å². The largest absolute Gasteiger partial charge is 0.456 e. The lowest BCUT2D eigenvalue weighted by atomic mass is 9.97. The summed E-state index contributed by atoms with van der Waals surface area (Å²) < 4.78 is 11.7. The number of benzene rings is 1. The van der Waals surface area contributed by atoms with E-state index in [2.05, 4.69) is 9.97 Å². The molecule has 0 spiro atoms. The molecule has 0 unspecified atom stereocenters. The van der Waals surface area contributed by atoms with Crippen LogP contribution in [0.3, 0.4) is 0 Å². The minimum atomic E-state index is -0.603. The fourth-order valence-electron chi connectivity index (χ4n) is 3.78. The van der Waals surface area contributed by atoms with E-state index in [0.717, 1.165) is 29.5 Å². The van der Waals surface area contributed by atoms with Crippen LogP contribution >= 0.6 is 11.3 Å². The molecule has 148 valence electrons. The Kier molecular flexibility index (Phi) is 4.31. The molecule has 0 aliphatic heterocycles. The summed E-state index contributed by atoms with van der Waals surface area (Å²) in [4.78, 5) is 35.3. The van der Waals surface area contributed by atoms with Crippen molar-refractivity contribution < 1.29 is 13.9 Å². The number of esters is 1. The second kappa shape index (κ2) is 7.00. The number of nitrogen functional groups attached to an aromatic ring is 1. The van der Waals surface area contributed by atoms with Gasteiger partial charge in [0.25, 0.3) is 0 Å². The van der Waals surface area contributed by atoms with E-state index in [4.69, 9.17) is 14.9 Å². The molecular formula is C20H18N4O4S. The third-order valence-corrected chi connectivity index (χ3v) is 6.30. The Morgan fingerprint density at radius 3 is 2.97 bits per heavy atom. The zero-order valence-corrected chi connectivity index (χ0v) is 16.3. The number of aromatic nitrogens is 3. The van der Waals surface area contributed by atoms with Crippen LogP contribution in [-0.4, -0.2) is 20.5 Å². The lowest BCUT2D eigenvalue weighted by Crippen LogP contribution is -2.22. The molecular weight excluding hydrogens is 392 g/mol. The van der Waals surface area contributed by atoms with Crippen molar-refractivity contribution in [1.82, 2.24) is 14.5 Å². The molecule has 1 aromatic carbocycles. The molecule has 1 aliphatic carbocycles. The van der Waals surface area contributed by atoms with E-state index in [0.29, 0.717) is 22.7 Å². The predicted octanol–water partition coefficient (Wildman–Crippen LogP) is 2.80. The lowest BCUT2D eigenvalue weighted by molar-refractivity contribution is -0.145. The Morgan fingerprint density at radius 1 is 1.24 bits per heavy atom. The molecule has 0 bridgehead atoms. The minimum absolute atomic E-state index is 0.105. The van der Waals surface area contributed by atoms with Crippen molar-refractivity contribution in [3.05, 3.63) is 51.1 Å². The summed E-state index contributed by atoms with van der Waals surface area (Å²) in [5.74, 6) is -0.399. The molecule has 2 N–H and O–H groups in total. The number of nitrogens with zero attached hydrogens (tertiary/aromatic N) is 3. The second-order valence-electron chi connectivity index (χ2n) is 7.00. The maximum absolute atomic E-state index is 12.3. The molecule has 0 amide bonds. The summed E-state index contributed by atoms with van der Waals surface area (Å²) in [6.45, 7) is -0.354. The number of fused-ring (bicyclic) bond motifs is 4. The van der Waals surface area contributed by atoms with Crippen LogP contribution in [0.1, 0.15) is 29.1 Å². The van der Waals surface area contributed by atoms with E-state index < -0.39 is 11.7 Å². The van der Waals surface area contributed by atoms with Gasteiger partial charge in [0.2, 0.25) is 0 Å². The number of thiophene rings is 1. The highest BCUT2D eigenvalue weighted by Gasteiger charge is 2.20. The highest BCUT2D eigenvalue weighted by atomic mass is 32.1. The Morgan fingerprint density at radius 2 is 2.07 bits per heavy atom. The fourth-order valence-corrected chi connectivity index (χ4v) is 5.07. The van der Waals surface area contributed by atoms with E-state index in [-0.39, 0.29) is 13.2 Å². The van der Waals surface area contributed by atoms with Gasteiger partial charge >= 0.3 is 11.7 Å². The molecule has 5 rings (SSSR count). The molecule has 0 radical (unpaired) electrons. The predicted molar refractivity (Wildman–Crippen MR) is 109 cm³/mol. The number of carbonyl (C=O) groups excluding carboxylic acids is 1. The number of carbonyl (C=O) groups is 1. The van der Waals surface area contributed by atoms with Crippen LogP contribution in [0, 0.1) is 0 Å². The van der Waals surface area contributed by atoms with E-state index in [1.54, 1.807) is 35.6 Å². The lowest BCUT2D eigenvalue weighted by Gasteiger charge is -2.10. The molecule has 3 aromatic heterocycles. The van der Waals surface area contributed by atoms with E-state index in [9.17, 15) is 9.59 Å². The van der Waals surface area contributed by atoms with Crippen molar-refractivity contribution in [1.29, 1.82) is 0 Å². The molecule has 0 atom stereocenters. The van der Waals surface area contributed by atoms with Crippen molar-refractivity contribution in [3.8, 4) is 0 Å². The van der Waals surface area contributed by atoms with Gasteiger partial charge in [-0.15, -0.1) is 11.3 Å². The summed E-state index contributed by atoms with van der Waals surface area (Å²) in [7, 11) is 0. The van der Waals surface area contributed by atoms with E-state index >= 15 is 0 Å². The van der Waals surface area contributed by atoms with Gasteiger partial charge in [0, 0.05) is 4.88 Å². The smallest absolute Gasteiger partial charge is 0.420 e. The molecule has 8 nitrogen and oxygen atoms in total. The maximum Gasteiger partial charge on any atom is 0.420 e. The van der Waals surface area contributed by atoms with Crippen molar-refractivity contribution in [2.75, 3.05) is 5.73 Å². The van der Waals surface area contributed by atoms with Gasteiger partial charge in [-0.05, 0) is 43.4 Å². The molecule has 29 heavy (non-hydrogen) atoms. The Labute approximate surface area is 168 Å². The van der Waals surface area contributed by atoms with Gasteiger partial charge in [-0.1, -0.05) is 12.1 Å². The van der Waals surface area contributed by atoms with Gasteiger partial charge < -0.3 is 14.9 Å². The average Bonchev–Trinajstić information content (AvgIpc) is 3.24. The summed E-state index contributed by atoms with van der Waals surface area (Å²) in [5, 5.41) is 0.941. The van der Waals surface area contributed by atoms with Crippen molar-refractivity contribution in [3.63, 3.8) is 0 Å². The Bertz CT molecular complexity index is 1300. The number of para-hydroxylation sites is 2. The minimum Gasteiger partial charge on any atom is -0.456 e. The summed E-state index contributed by atoms with van der Waals surface area (Å²) in [6.07, 6.45) is 4.39. The standard InChI is InChI=1S/C20H18N4O4S/c21-18-17-11-5-1-4-8-14(11)29-19(17)23-15(22-18)10-27-16(25)9-24-12-6-2-3-7-13(12)28-20(24)26/h2-3,6-7H,1,4-5,8-10H2,(H2,21,22,23). The molecule has 0 fully saturated rings. The third kappa shape index (κ3) is 3.17. The summed E-state index contributed by atoms with van der Waals surface area (Å²) >= 11 is 1.64. The molecule has 0 saturated heterocycles. The SMILES string of the molecule is Nc1nc(COC(=O)Cn2c(=O)oc3ccccc32)nc2sc3c(c12)CCCC3. The molecule has 3 heterocycles. The maximum atomic E-state index is 12.3. The van der Waals surface area contributed by atoms with Gasteiger partial charge in [0.05, 0.1) is 10.9 Å². The number of nitrogens with two attached hydrogens (primary N) is 1. The van der Waals surface area contributed by atoms with Crippen molar-refractivity contribution in [2.24, 2.45) is 0 Å². The number of aryl methyl sites for hydroxylation is 2. The first-order chi connectivity index (χ1) is 14.1. The van der Waals surface area contributed by atoms with E-state index in [1.807, 2.05) is 0 Å². The van der Waals surface area contributed by atoms with Gasteiger partial charge in [-0.2, -0.15) is 0 Å². The highest BCUT2D eigenvalue weighted by Crippen LogP contribution is 2.37. The van der Waals surface area contributed by atoms with Gasteiger partial charge in [0.15, 0.2) is 18.0 Å². The zero-order valence-electron chi connectivity index (χ0n) is 15.5.